The summed E-state index contributed by atoms with van der Waals surface area (Å²) >= 11 is 5.49. The molecule has 0 amide bonds. The summed E-state index contributed by atoms with van der Waals surface area (Å²) in [6.07, 6.45) is -2.65. The van der Waals surface area contributed by atoms with E-state index in [1.54, 1.807) is 12.3 Å². The van der Waals surface area contributed by atoms with Gasteiger partial charge in [0.05, 0.1) is 23.3 Å². The number of nitrogens with zero attached hydrogens (tertiary/aromatic N) is 3. The third kappa shape index (κ3) is 3.45. The third-order valence-corrected chi connectivity index (χ3v) is 5.97. The van der Waals surface area contributed by atoms with Gasteiger partial charge < -0.3 is 14.8 Å². The number of hydrogen-bond donors (Lipinski definition) is 1. The van der Waals surface area contributed by atoms with Gasteiger partial charge in [-0.1, -0.05) is 12.1 Å². The highest BCUT2D eigenvalue weighted by Gasteiger charge is 2.39. The second-order valence-electron chi connectivity index (χ2n) is 7.45. The van der Waals surface area contributed by atoms with Gasteiger partial charge in [-0.3, -0.25) is 4.98 Å². The summed E-state index contributed by atoms with van der Waals surface area (Å²) in [6.45, 7) is 3.82. The lowest BCUT2D eigenvalue weighted by molar-refractivity contribution is -0.137. The smallest absolute Gasteiger partial charge is 0.352 e. The molecule has 1 N–H and O–H groups in total. The van der Waals surface area contributed by atoms with Gasteiger partial charge in [-0.15, -0.1) is 0 Å². The van der Waals surface area contributed by atoms with Crippen LogP contribution in [0.25, 0.3) is 5.69 Å². The van der Waals surface area contributed by atoms with Crippen molar-refractivity contribution in [1.82, 2.24) is 19.8 Å². The zero-order valence-electron chi connectivity index (χ0n) is 16.7. The van der Waals surface area contributed by atoms with Gasteiger partial charge in [0.1, 0.15) is 0 Å². The first-order valence-corrected chi connectivity index (χ1v) is 9.90. The summed E-state index contributed by atoms with van der Waals surface area (Å²) in [7, 11) is 1.92. The summed E-state index contributed by atoms with van der Waals surface area (Å²) in [5.41, 5.74) is 3.40. The highest BCUT2D eigenvalue weighted by molar-refractivity contribution is 7.80. The Morgan fingerprint density at radius 2 is 1.83 bits per heavy atom. The Hall–Kier alpha value is -2.87. The van der Waals surface area contributed by atoms with Crippen molar-refractivity contribution in [2.45, 2.75) is 32.1 Å². The molecule has 0 bridgehead atoms. The van der Waals surface area contributed by atoms with E-state index < -0.39 is 11.7 Å². The average Bonchev–Trinajstić information content (AvgIpc) is 3.17. The first kappa shape index (κ1) is 20.4. The Kier molecular flexibility index (Phi) is 5.05. The third-order valence-electron chi connectivity index (χ3n) is 5.56. The molecule has 0 spiro atoms. The standard InChI is InChI=1S/C22H21F3N4S/c1-13-11-17(14(2)29(13)16-8-6-7-15(12-16)22(23,24)25)20-19(27-21(30)28(20)3)18-9-4-5-10-26-18/h4-12,19-20H,1-3H3,(H,27,30)/t19-,20+/m0/s1. The van der Waals surface area contributed by atoms with E-state index in [0.717, 1.165) is 28.7 Å². The second-order valence-corrected chi connectivity index (χ2v) is 7.83. The van der Waals surface area contributed by atoms with Gasteiger partial charge in [0.25, 0.3) is 0 Å². The molecule has 0 aliphatic carbocycles. The van der Waals surface area contributed by atoms with E-state index in [4.69, 9.17) is 12.2 Å². The molecule has 1 aromatic carbocycles. The predicted octanol–water partition coefficient (Wildman–Crippen LogP) is 5.11. The molecule has 30 heavy (non-hydrogen) atoms. The minimum Gasteiger partial charge on any atom is -0.352 e. The van der Waals surface area contributed by atoms with E-state index in [-0.39, 0.29) is 12.1 Å². The summed E-state index contributed by atoms with van der Waals surface area (Å²) in [4.78, 5) is 6.46. The lowest BCUT2D eigenvalue weighted by atomic mass is 9.97. The van der Waals surface area contributed by atoms with Crippen LogP contribution in [0.15, 0.2) is 54.7 Å². The van der Waals surface area contributed by atoms with Crippen molar-refractivity contribution in [1.29, 1.82) is 0 Å². The van der Waals surface area contributed by atoms with Gasteiger partial charge in [-0.25, -0.2) is 0 Å². The van der Waals surface area contributed by atoms with Gasteiger partial charge in [-0.2, -0.15) is 13.2 Å². The van der Waals surface area contributed by atoms with E-state index in [1.165, 1.54) is 12.1 Å². The van der Waals surface area contributed by atoms with Crippen molar-refractivity contribution >= 4 is 17.3 Å². The fourth-order valence-corrected chi connectivity index (χ4v) is 4.39. The SMILES string of the molecule is Cc1cc([C@@H]2[C@H](c3ccccn3)NC(=S)N2C)c(C)n1-c1cccc(C(F)(F)F)c1. The molecule has 4 nitrogen and oxygen atoms in total. The van der Waals surface area contributed by atoms with Crippen LogP contribution in [-0.2, 0) is 6.18 Å². The normalized spacial score (nSPS) is 19.3. The number of rotatable bonds is 3. The number of halogens is 3. The monoisotopic (exact) mass is 430 g/mol. The molecule has 2 aromatic heterocycles. The number of alkyl halides is 3. The molecule has 2 atom stereocenters. The highest BCUT2D eigenvalue weighted by Crippen LogP contribution is 2.40. The van der Waals surface area contributed by atoms with Crippen LogP contribution in [0.3, 0.4) is 0 Å². The number of pyridine rings is 1. The van der Waals surface area contributed by atoms with Crippen LogP contribution in [0.1, 0.15) is 40.3 Å². The van der Waals surface area contributed by atoms with Crippen LogP contribution >= 0.6 is 12.2 Å². The molecule has 3 aromatic rings. The number of hydrogen-bond acceptors (Lipinski definition) is 2. The van der Waals surface area contributed by atoms with Crippen molar-refractivity contribution in [2.24, 2.45) is 0 Å². The first-order chi connectivity index (χ1) is 14.2. The zero-order valence-corrected chi connectivity index (χ0v) is 17.6. The van der Waals surface area contributed by atoms with Crippen molar-refractivity contribution in [2.75, 3.05) is 7.05 Å². The topological polar surface area (TPSA) is 33.1 Å². The quantitative estimate of drug-likeness (QED) is 0.586. The summed E-state index contributed by atoms with van der Waals surface area (Å²) in [5.74, 6) is 0. The van der Waals surface area contributed by atoms with E-state index >= 15 is 0 Å². The van der Waals surface area contributed by atoms with E-state index in [0.29, 0.717) is 10.8 Å². The highest BCUT2D eigenvalue weighted by atomic mass is 32.1. The van der Waals surface area contributed by atoms with Crippen LogP contribution in [0, 0.1) is 13.8 Å². The Balaban J connectivity index is 1.81. The largest absolute Gasteiger partial charge is 0.416 e. The Morgan fingerprint density at radius 3 is 2.50 bits per heavy atom. The lowest BCUT2D eigenvalue weighted by Crippen LogP contribution is -2.25. The minimum absolute atomic E-state index is 0.127. The maximum atomic E-state index is 13.2. The molecule has 1 fully saturated rings. The molecule has 1 saturated heterocycles. The number of thiocarbonyl (C=S) groups is 1. The number of likely N-dealkylation sites (N-methyl/N-ethyl adjacent to an activating group) is 1. The second kappa shape index (κ2) is 7.43. The molecule has 0 saturated carbocycles. The van der Waals surface area contributed by atoms with Crippen molar-refractivity contribution < 1.29 is 13.2 Å². The number of aromatic nitrogens is 2. The Labute approximate surface area is 178 Å². The van der Waals surface area contributed by atoms with Crippen molar-refractivity contribution in [3.63, 3.8) is 0 Å². The maximum absolute atomic E-state index is 13.2. The molecular weight excluding hydrogens is 409 g/mol. The fourth-order valence-electron chi connectivity index (χ4n) is 4.15. The van der Waals surface area contributed by atoms with Gasteiger partial charge in [0, 0.05) is 30.3 Å². The molecule has 1 aliphatic rings. The van der Waals surface area contributed by atoms with Crippen molar-refractivity contribution in [3.05, 3.63) is 82.9 Å². The van der Waals surface area contributed by atoms with Gasteiger partial charge in [0.2, 0.25) is 0 Å². The van der Waals surface area contributed by atoms with Crippen molar-refractivity contribution in [3.8, 4) is 5.69 Å². The summed E-state index contributed by atoms with van der Waals surface area (Å²) in [6, 6.07) is 12.9. The number of aryl methyl sites for hydroxylation is 1. The van der Waals surface area contributed by atoms with Crippen LogP contribution in [0.4, 0.5) is 13.2 Å². The maximum Gasteiger partial charge on any atom is 0.416 e. The Morgan fingerprint density at radius 1 is 1.07 bits per heavy atom. The molecular formula is C22H21F3N4S. The molecule has 1 aliphatic heterocycles. The molecule has 156 valence electrons. The number of nitrogens with one attached hydrogen (secondary N) is 1. The zero-order chi connectivity index (χ0) is 21.6. The minimum atomic E-state index is -4.39. The van der Waals surface area contributed by atoms with Gasteiger partial charge in [-0.05, 0) is 68.0 Å². The van der Waals surface area contributed by atoms with E-state index in [2.05, 4.69) is 10.3 Å². The van der Waals surface area contributed by atoms with Crippen LogP contribution in [0.5, 0.6) is 0 Å². The van der Waals surface area contributed by atoms with Crippen LogP contribution < -0.4 is 5.32 Å². The van der Waals surface area contributed by atoms with E-state index in [9.17, 15) is 13.2 Å². The van der Waals surface area contributed by atoms with Crippen LogP contribution in [-0.4, -0.2) is 26.6 Å². The predicted molar refractivity (Wildman–Crippen MR) is 113 cm³/mol. The molecule has 0 radical (unpaired) electrons. The van der Waals surface area contributed by atoms with E-state index in [1.807, 2.05) is 54.6 Å². The lowest BCUT2D eigenvalue weighted by Gasteiger charge is -2.24. The van der Waals surface area contributed by atoms with Gasteiger partial charge >= 0.3 is 6.18 Å². The molecule has 3 heterocycles. The molecule has 0 unspecified atom stereocenters. The first-order valence-electron chi connectivity index (χ1n) is 9.49. The Bertz CT molecular complexity index is 1090. The fraction of sp³-hybridized carbons (Fsp3) is 0.273. The van der Waals surface area contributed by atoms with Crippen LogP contribution in [0.2, 0.25) is 0 Å². The molecule has 4 rings (SSSR count). The summed E-state index contributed by atoms with van der Waals surface area (Å²) < 4.78 is 41.5. The molecule has 8 heteroatoms. The summed E-state index contributed by atoms with van der Waals surface area (Å²) in [5, 5.41) is 3.94. The number of benzene rings is 1. The van der Waals surface area contributed by atoms with Gasteiger partial charge in [0.15, 0.2) is 5.11 Å². The average molecular weight is 430 g/mol.